The fraction of sp³-hybridized carbons (Fsp3) is 0.476. The number of hydrogen-bond donors (Lipinski definition) is 3. The first kappa shape index (κ1) is 23.2. The molecule has 1 aliphatic carbocycles. The van der Waals surface area contributed by atoms with E-state index in [1.807, 2.05) is 26.2 Å². The van der Waals surface area contributed by atoms with Crippen molar-refractivity contribution in [3.63, 3.8) is 0 Å². The van der Waals surface area contributed by atoms with Gasteiger partial charge in [0, 0.05) is 44.5 Å². The number of aryl methyl sites for hydroxylation is 1. The van der Waals surface area contributed by atoms with Gasteiger partial charge in [-0.1, -0.05) is 24.3 Å². The number of imidazole rings is 1. The van der Waals surface area contributed by atoms with Crippen LogP contribution in [0.4, 0.5) is 0 Å². The van der Waals surface area contributed by atoms with Crippen molar-refractivity contribution in [2.24, 2.45) is 10.9 Å². The van der Waals surface area contributed by atoms with Gasteiger partial charge in [0.25, 0.3) is 0 Å². The monoisotopic (exact) mass is 510 g/mol. The Labute approximate surface area is 189 Å². The number of benzene rings is 1. The lowest BCUT2D eigenvalue weighted by Crippen LogP contribution is -2.41. The summed E-state index contributed by atoms with van der Waals surface area (Å²) in [6, 6.07) is 8.47. The van der Waals surface area contributed by atoms with Crippen molar-refractivity contribution in [2.75, 3.05) is 19.6 Å². The van der Waals surface area contributed by atoms with Gasteiger partial charge in [-0.05, 0) is 37.8 Å². The zero-order valence-electron chi connectivity index (χ0n) is 17.1. The first-order valence-corrected chi connectivity index (χ1v) is 10.0. The quantitative estimate of drug-likeness (QED) is 0.210. The summed E-state index contributed by atoms with van der Waals surface area (Å²) in [5, 5.41) is 9.48. The van der Waals surface area contributed by atoms with E-state index in [4.69, 9.17) is 0 Å². The largest absolute Gasteiger partial charge is 0.357 e. The third-order valence-electron chi connectivity index (χ3n) is 4.70. The molecule has 1 aromatic carbocycles. The summed E-state index contributed by atoms with van der Waals surface area (Å²) < 4.78 is 2.13. The zero-order valence-corrected chi connectivity index (χ0v) is 19.5. The molecule has 29 heavy (non-hydrogen) atoms. The molecule has 0 spiro atoms. The second kappa shape index (κ2) is 11.8. The van der Waals surface area contributed by atoms with Gasteiger partial charge < -0.3 is 20.5 Å². The smallest absolute Gasteiger partial charge is 0.223 e. The average Bonchev–Trinajstić information content (AvgIpc) is 3.47. The summed E-state index contributed by atoms with van der Waals surface area (Å²) in [7, 11) is 0. The summed E-state index contributed by atoms with van der Waals surface area (Å²) >= 11 is 0. The van der Waals surface area contributed by atoms with E-state index in [1.54, 1.807) is 0 Å². The third-order valence-corrected chi connectivity index (χ3v) is 4.70. The Hall–Kier alpha value is -2.10. The van der Waals surface area contributed by atoms with Crippen LogP contribution >= 0.6 is 24.0 Å². The highest BCUT2D eigenvalue weighted by molar-refractivity contribution is 14.0. The van der Waals surface area contributed by atoms with Crippen molar-refractivity contribution in [1.29, 1.82) is 0 Å². The minimum atomic E-state index is 0. The van der Waals surface area contributed by atoms with Gasteiger partial charge in [-0.2, -0.15) is 0 Å². The molecule has 158 valence electrons. The number of aromatic nitrogens is 2. The maximum atomic E-state index is 11.7. The highest BCUT2D eigenvalue weighted by Crippen LogP contribution is 2.28. The van der Waals surface area contributed by atoms with E-state index >= 15 is 0 Å². The molecule has 0 aliphatic heterocycles. The molecule has 1 saturated carbocycles. The molecule has 2 aromatic rings. The van der Waals surface area contributed by atoms with E-state index in [-0.39, 0.29) is 35.8 Å². The molecule has 1 heterocycles. The van der Waals surface area contributed by atoms with Crippen LogP contribution in [0.25, 0.3) is 0 Å². The van der Waals surface area contributed by atoms with Crippen molar-refractivity contribution in [2.45, 2.75) is 39.8 Å². The maximum absolute atomic E-state index is 11.7. The molecule has 1 aliphatic rings. The van der Waals surface area contributed by atoms with Crippen LogP contribution in [0.5, 0.6) is 0 Å². The van der Waals surface area contributed by atoms with E-state index in [1.165, 1.54) is 5.56 Å². The normalized spacial score (nSPS) is 13.5. The van der Waals surface area contributed by atoms with Crippen LogP contribution in [-0.4, -0.2) is 41.1 Å². The highest BCUT2D eigenvalue weighted by atomic mass is 127. The van der Waals surface area contributed by atoms with Crippen LogP contribution in [0, 0.1) is 12.8 Å². The number of halogens is 1. The molecule has 0 saturated heterocycles. The Kier molecular flexibility index (Phi) is 9.43. The molecular weight excluding hydrogens is 479 g/mol. The molecule has 1 aromatic heterocycles. The van der Waals surface area contributed by atoms with E-state index in [0.717, 1.165) is 43.3 Å². The van der Waals surface area contributed by atoms with Crippen LogP contribution in [-0.2, 0) is 17.9 Å². The summed E-state index contributed by atoms with van der Waals surface area (Å²) in [5.41, 5.74) is 2.39. The second-order valence-corrected chi connectivity index (χ2v) is 7.11. The number of guanidine groups is 1. The molecule has 3 N–H and O–H groups in total. The van der Waals surface area contributed by atoms with Crippen molar-refractivity contribution < 1.29 is 4.79 Å². The Morgan fingerprint density at radius 1 is 1.21 bits per heavy atom. The van der Waals surface area contributed by atoms with Gasteiger partial charge in [-0.25, -0.2) is 9.98 Å². The zero-order chi connectivity index (χ0) is 19.8. The summed E-state index contributed by atoms with van der Waals surface area (Å²) in [5.74, 6) is 2.20. The van der Waals surface area contributed by atoms with Gasteiger partial charge in [0.1, 0.15) is 5.82 Å². The van der Waals surface area contributed by atoms with Gasteiger partial charge in [0.05, 0.1) is 6.54 Å². The number of hydrogen-bond acceptors (Lipinski definition) is 3. The minimum absolute atomic E-state index is 0. The molecule has 0 atom stereocenters. The molecule has 3 rings (SSSR count). The summed E-state index contributed by atoms with van der Waals surface area (Å²) in [6.45, 7) is 7.52. The fourth-order valence-corrected chi connectivity index (χ4v) is 2.96. The molecular formula is C21H31IN6O. The Morgan fingerprint density at radius 3 is 2.66 bits per heavy atom. The van der Waals surface area contributed by atoms with Crippen molar-refractivity contribution in [3.8, 4) is 0 Å². The Balaban J connectivity index is 0.00000300. The number of carbonyl (C=O) groups is 1. The molecule has 1 fully saturated rings. The number of nitrogens with zero attached hydrogens (tertiary/aromatic N) is 3. The van der Waals surface area contributed by atoms with Gasteiger partial charge in [0.15, 0.2) is 5.96 Å². The van der Waals surface area contributed by atoms with E-state index in [2.05, 4.69) is 54.8 Å². The molecule has 0 unspecified atom stereocenters. The standard InChI is InChI=1S/C21H30N6O.HI/c1-3-22-21(25-10-9-24-20(28)19-7-8-19)26-14-17-5-4-6-18(13-17)15-27-12-11-23-16(27)2;/h4-6,11-13,19H,3,7-10,14-15H2,1-2H3,(H,24,28)(H2,22,25,26);1H. The number of nitrogens with one attached hydrogen (secondary N) is 3. The molecule has 7 nitrogen and oxygen atoms in total. The van der Waals surface area contributed by atoms with Gasteiger partial charge in [-0.15, -0.1) is 24.0 Å². The molecule has 0 bridgehead atoms. The van der Waals surface area contributed by atoms with Crippen LogP contribution in [0.15, 0.2) is 41.7 Å². The van der Waals surface area contributed by atoms with Crippen LogP contribution in [0.2, 0.25) is 0 Å². The first-order chi connectivity index (χ1) is 13.7. The van der Waals surface area contributed by atoms with Gasteiger partial charge >= 0.3 is 0 Å². The van der Waals surface area contributed by atoms with E-state index in [9.17, 15) is 4.79 Å². The lowest BCUT2D eigenvalue weighted by Gasteiger charge is -2.12. The third kappa shape index (κ3) is 7.68. The predicted octanol–water partition coefficient (Wildman–Crippen LogP) is 2.44. The van der Waals surface area contributed by atoms with Crippen LogP contribution < -0.4 is 16.0 Å². The van der Waals surface area contributed by atoms with Crippen LogP contribution in [0.3, 0.4) is 0 Å². The highest BCUT2D eigenvalue weighted by Gasteiger charge is 2.28. The molecule has 0 radical (unpaired) electrons. The molecule has 1 amide bonds. The van der Waals surface area contributed by atoms with Crippen LogP contribution in [0.1, 0.15) is 36.7 Å². The molecule has 8 heteroatoms. The lowest BCUT2D eigenvalue weighted by molar-refractivity contribution is -0.122. The SMILES string of the molecule is CCNC(=NCc1cccc(Cn2ccnc2C)c1)NCCNC(=O)C1CC1.I. The van der Waals surface area contributed by atoms with Crippen molar-refractivity contribution in [1.82, 2.24) is 25.5 Å². The number of amides is 1. The Morgan fingerprint density at radius 2 is 1.97 bits per heavy atom. The number of aliphatic imine (C=N–C) groups is 1. The number of carbonyl (C=O) groups excluding carboxylic acids is 1. The average molecular weight is 510 g/mol. The lowest BCUT2D eigenvalue weighted by atomic mass is 10.1. The second-order valence-electron chi connectivity index (χ2n) is 7.11. The summed E-state index contributed by atoms with van der Waals surface area (Å²) in [6.07, 6.45) is 5.88. The number of rotatable bonds is 9. The predicted molar refractivity (Wildman–Crippen MR) is 126 cm³/mol. The summed E-state index contributed by atoms with van der Waals surface area (Å²) in [4.78, 5) is 20.6. The fourth-order valence-electron chi connectivity index (χ4n) is 2.96. The van der Waals surface area contributed by atoms with Crippen molar-refractivity contribution in [3.05, 3.63) is 53.6 Å². The van der Waals surface area contributed by atoms with E-state index in [0.29, 0.717) is 19.6 Å². The minimum Gasteiger partial charge on any atom is -0.357 e. The first-order valence-electron chi connectivity index (χ1n) is 10.0. The maximum Gasteiger partial charge on any atom is 0.223 e. The van der Waals surface area contributed by atoms with Gasteiger partial charge in [-0.3, -0.25) is 4.79 Å². The van der Waals surface area contributed by atoms with Crippen molar-refractivity contribution >= 4 is 35.8 Å². The topological polar surface area (TPSA) is 83.3 Å². The van der Waals surface area contributed by atoms with Gasteiger partial charge in [0.2, 0.25) is 5.91 Å². The Bertz CT molecular complexity index is 815. The van der Waals surface area contributed by atoms with E-state index < -0.39 is 0 Å².